The van der Waals surface area contributed by atoms with Gasteiger partial charge >= 0.3 is 0 Å². The lowest BCUT2D eigenvalue weighted by Gasteiger charge is -2.16. The van der Waals surface area contributed by atoms with E-state index in [1.807, 2.05) is 12.1 Å². The quantitative estimate of drug-likeness (QED) is 0.547. The molecule has 0 spiro atoms. The van der Waals surface area contributed by atoms with Crippen LogP contribution in [0.4, 0.5) is 5.69 Å². The minimum Gasteiger partial charge on any atom is -0.248 e. The third-order valence-electron chi connectivity index (χ3n) is 4.67. The van der Waals surface area contributed by atoms with Gasteiger partial charge in [-0.2, -0.15) is 0 Å². The van der Waals surface area contributed by atoms with Crippen LogP contribution in [0.5, 0.6) is 0 Å². The predicted octanol–water partition coefficient (Wildman–Crippen LogP) is 5.73. The molecule has 0 bridgehead atoms. The van der Waals surface area contributed by atoms with Crippen molar-refractivity contribution in [2.75, 3.05) is 0 Å². The van der Waals surface area contributed by atoms with E-state index in [4.69, 9.17) is 4.99 Å². The first-order valence-corrected chi connectivity index (χ1v) is 8.71. The number of aryl methyl sites for hydroxylation is 2. The topological polar surface area (TPSA) is 12.4 Å². The lowest BCUT2D eigenvalue weighted by Crippen LogP contribution is -2.04. The summed E-state index contributed by atoms with van der Waals surface area (Å²) in [5.41, 5.74) is 7.37. The molecule has 1 heteroatoms. The zero-order valence-corrected chi connectivity index (χ0v) is 13.8. The Morgan fingerprint density at radius 3 is 1.83 bits per heavy atom. The summed E-state index contributed by atoms with van der Waals surface area (Å²) in [7, 11) is 0. The molecule has 0 unspecified atom stereocenters. The van der Waals surface area contributed by atoms with Gasteiger partial charge in [-0.05, 0) is 48.9 Å². The van der Waals surface area contributed by atoms with Crippen LogP contribution in [0.25, 0.3) is 0 Å². The van der Waals surface area contributed by atoms with Crippen molar-refractivity contribution in [3.05, 3.63) is 101 Å². The maximum Gasteiger partial charge on any atom is 0.0781 e. The van der Waals surface area contributed by atoms with Crippen LogP contribution in [0, 0.1) is 0 Å². The predicted molar refractivity (Wildman–Crippen MR) is 101 cm³/mol. The molecule has 0 radical (unpaired) electrons. The molecular formula is C23H21N. The van der Waals surface area contributed by atoms with Crippen LogP contribution in [-0.2, 0) is 12.8 Å². The van der Waals surface area contributed by atoms with E-state index in [-0.39, 0.29) is 0 Å². The molecule has 1 aliphatic rings. The van der Waals surface area contributed by atoms with Gasteiger partial charge in [-0.15, -0.1) is 0 Å². The van der Waals surface area contributed by atoms with Gasteiger partial charge in [0.1, 0.15) is 0 Å². The summed E-state index contributed by atoms with van der Waals surface area (Å²) in [6, 6.07) is 27.6. The molecule has 1 nitrogen and oxygen atoms in total. The number of benzene rings is 3. The van der Waals surface area contributed by atoms with Crippen molar-refractivity contribution in [1.82, 2.24) is 0 Å². The lowest BCUT2D eigenvalue weighted by atomic mass is 9.91. The average Bonchev–Trinajstić information content (AvgIpc) is 2.67. The van der Waals surface area contributed by atoms with Crippen LogP contribution in [0.3, 0.4) is 0 Å². The van der Waals surface area contributed by atoms with Gasteiger partial charge < -0.3 is 0 Å². The molecule has 24 heavy (non-hydrogen) atoms. The highest BCUT2D eigenvalue weighted by atomic mass is 14.7. The minimum absolute atomic E-state index is 1.03. The number of nitrogens with zero attached hydrogens (tertiary/aromatic N) is 1. The van der Waals surface area contributed by atoms with Crippen LogP contribution >= 0.6 is 0 Å². The van der Waals surface area contributed by atoms with Crippen molar-refractivity contribution in [2.24, 2.45) is 4.99 Å². The smallest absolute Gasteiger partial charge is 0.0781 e. The van der Waals surface area contributed by atoms with Crippen molar-refractivity contribution >= 4 is 11.4 Å². The number of rotatable bonds is 3. The van der Waals surface area contributed by atoms with Gasteiger partial charge in [-0.1, -0.05) is 66.7 Å². The highest BCUT2D eigenvalue weighted by Crippen LogP contribution is 2.26. The first kappa shape index (κ1) is 14.9. The lowest BCUT2D eigenvalue weighted by molar-refractivity contribution is 0.686. The molecule has 0 saturated carbocycles. The molecule has 1 aliphatic carbocycles. The van der Waals surface area contributed by atoms with E-state index in [0.29, 0.717) is 0 Å². The molecule has 0 heterocycles. The van der Waals surface area contributed by atoms with E-state index in [1.165, 1.54) is 36.8 Å². The molecule has 3 aromatic carbocycles. The van der Waals surface area contributed by atoms with Crippen LogP contribution in [0.1, 0.15) is 35.1 Å². The Morgan fingerprint density at radius 1 is 0.625 bits per heavy atom. The van der Waals surface area contributed by atoms with Gasteiger partial charge in [0.25, 0.3) is 0 Å². The summed E-state index contributed by atoms with van der Waals surface area (Å²) in [5, 5.41) is 0. The van der Waals surface area contributed by atoms with Crippen molar-refractivity contribution in [3.8, 4) is 0 Å². The van der Waals surface area contributed by atoms with E-state index >= 15 is 0 Å². The zero-order valence-electron chi connectivity index (χ0n) is 13.8. The van der Waals surface area contributed by atoms with Crippen LogP contribution in [0.2, 0.25) is 0 Å². The fraction of sp³-hybridized carbons (Fsp3) is 0.174. The van der Waals surface area contributed by atoms with Gasteiger partial charge in [0.15, 0.2) is 0 Å². The Kier molecular flexibility index (Phi) is 4.24. The Bertz CT molecular complexity index is 806. The first-order valence-electron chi connectivity index (χ1n) is 8.71. The van der Waals surface area contributed by atoms with E-state index < -0.39 is 0 Å². The van der Waals surface area contributed by atoms with Crippen LogP contribution < -0.4 is 0 Å². The van der Waals surface area contributed by atoms with E-state index in [2.05, 4.69) is 66.7 Å². The van der Waals surface area contributed by atoms with Crippen LogP contribution in [0.15, 0.2) is 83.9 Å². The average molecular weight is 311 g/mol. The summed E-state index contributed by atoms with van der Waals surface area (Å²) >= 11 is 0. The second kappa shape index (κ2) is 6.84. The third kappa shape index (κ3) is 3.16. The Labute approximate surface area is 143 Å². The van der Waals surface area contributed by atoms with Crippen molar-refractivity contribution in [1.29, 1.82) is 0 Å². The molecule has 118 valence electrons. The number of hydrogen-bond donors (Lipinski definition) is 0. The first-order chi connectivity index (χ1) is 11.9. The minimum atomic E-state index is 1.03. The number of hydrogen-bond acceptors (Lipinski definition) is 1. The Balaban J connectivity index is 1.80. The zero-order chi connectivity index (χ0) is 16.2. The summed E-state index contributed by atoms with van der Waals surface area (Å²) in [6.45, 7) is 0. The summed E-state index contributed by atoms with van der Waals surface area (Å²) in [6.07, 6.45) is 5.01. The highest BCUT2D eigenvalue weighted by Gasteiger charge is 2.11. The second-order valence-electron chi connectivity index (χ2n) is 6.35. The Hall–Kier alpha value is -2.67. The molecule has 4 rings (SSSR count). The largest absolute Gasteiger partial charge is 0.248 e. The molecule has 0 fully saturated rings. The van der Waals surface area contributed by atoms with Gasteiger partial charge in [0.2, 0.25) is 0 Å². The number of fused-ring (bicyclic) bond motifs is 1. The molecule has 0 aliphatic heterocycles. The van der Waals surface area contributed by atoms with Gasteiger partial charge in [-0.25, -0.2) is 4.99 Å². The highest BCUT2D eigenvalue weighted by molar-refractivity contribution is 6.13. The van der Waals surface area contributed by atoms with Crippen LogP contribution in [-0.4, -0.2) is 5.71 Å². The van der Waals surface area contributed by atoms with Crippen molar-refractivity contribution in [2.45, 2.75) is 25.7 Å². The molecule has 0 saturated heterocycles. The summed E-state index contributed by atoms with van der Waals surface area (Å²) in [4.78, 5) is 5.02. The number of aliphatic imine (C=N–C) groups is 1. The molecule has 3 aromatic rings. The van der Waals surface area contributed by atoms with E-state index in [1.54, 1.807) is 0 Å². The maximum atomic E-state index is 5.02. The third-order valence-corrected chi connectivity index (χ3v) is 4.67. The molecule has 0 aromatic heterocycles. The molecular weight excluding hydrogens is 290 g/mol. The van der Waals surface area contributed by atoms with Gasteiger partial charge in [-0.3, -0.25) is 0 Å². The normalized spacial score (nSPS) is 13.2. The van der Waals surface area contributed by atoms with Gasteiger partial charge in [0, 0.05) is 11.1 Å². The summed E-state index contributed by atoms with van der Waals surface area (Å²) in [5.74, 6) is 0. The Morgan fingerprint density at radius 2 is 1.21 bits per heavy atom. The van der Waals surface area contributed by atoms with Crippen molar-refractivity contribution < 1.29 is 0 Å². The fourth-order valence-corrected chi connectivity index (χ4v) is 3.41. The van der Waals surface area contributed by atoms with E-state index in [9.17, 15) is 0 Å². The fourth-order valence-electron chi connectivity index (χ4n) is 3.41. The molecule has 0 atom stereocenters. The SMILES string of the molecule is c1ccc(C(=Nc2ccc3c(c2)CCCC3)c2ccccc2)cc1. The van der Waals surface area contributed by atoms with Crippen molar-refractivity contribution in [3.63, 3.8) is 0 Å². The maximum absolute atomic E-state index is 5.02. The monoisotopic (exact) mass is 311 g/mol. The van der Waals surface area contributed by atoms with Gasteiger partial charge in [0.05, 0.1) is 11.4 Å². The van der Waals surface area contributed by atoms with E-state index in [0.717, 1.165) is 22.5 Å². The summed E-state index contributed by atoms with van der Waals surface area (Å²) < 4.78 is 0. The standard InChI is InChI=1S/C23H21N/c1-3-10-19(11-4-1)23(20-12-5-2-6-13-20)24-22-16-15-18-9-7-8-14-21(18)17-22/h1-6,10-13,15-17H,7-9,14H2. The second-order valence-corrected chi connectivity index (χ2v) is 6.35. The molecule has 0 amide bonds. The molecule has 0 N–H and O–H groups in total.